The van der Waals surface area contributed by atoms with Gasteiger partial charge in [0.15, 0.2) is 0 Å². The van der Waals surface area contributed by atoms with Gasteiger partial charge in [-0.2, -0.15) is 0 Å². The average Bonchev–Trinajstić information content (AvgIpc) is 2.43. The molecule has 1 N–H and O–H groups in total. The fourth-order valence-electron chi connectivity index (χ4n) is 1.75. The Hall–Kier alpha value is -1.73. The normalized spacial score (nSPS) is 10.2. The molecule has 0 saturated carbocycles. The minimum absolute atomic E-state index is 0.101. The number of aryl methyl sites for hydroxylation is 1. The third kappa shape index (κ3) is 3.48. The number of amides is 1. The van der Waals surface area contributed by atoms with Crippen molar-refractivity contribution in [2.24, 2.45) is 0 Å². The zero-order valence-corrected chi connectivity index (χ0v) is 14.1. The Labute approximate surface area is 137 Å². The topological polar surface area (TPSA) is 72.2 Å². The highest BCUT2D eigenvalue weighted by Gasteiger charge is 2.15. The molecule has 0 fully saturated rings. The van der Waals surface area contributed by atoms with Crippen molar-refractivity contribution in [1.82, 2.24) is 0 Å². The summed E-state index contributed by atoms with van der Waals surface area (Å²) in [4.78, 5) is 22.6. The van der Waals surface area contributed by atoms with Crippen molar-refractivity contribution in [3.63, 3.8) is 0 Å². The number of anilines is 1. The number of nitrogens with zero attached hydrogens (tertiary/aromatic N) is 1. The summed E-state index contributed by atoms with van der Waals surface area (Å²) >= 11 is 6.47. The van der Waals surface area contributed by atoms with E-state index in [9.17, 15) is 14.9 Å². The summed E-state index contributed by atoms with van der Waals surface area (Å²) in [6, 6.07) is 9.77. The Bertz CT molecular complexity index is 732. The molecule has 0 radical (unpaired) electrons. The van der Waals surface area contributed by atoms with Gasteiger partial charge in [-0.3, -0.25) is 14.9 Å². The van der Waals surface area contributed by atoms with Gasteiger partial charge in [0.25, 0.3) is 11.6 Å². The second-order valence-corrected chi connectivity index (χ2v) is 5.96. The molecule has 1 amide bonds. The summed E-state index contributed by atoms with van der Waals surface area (Å²) in [5.41, 5.74) is 1.67. The summed E-state index contributed by atoms with van der Waals surface area (Å²) in [5.74, 6) is -0.331. The van der Waals surface area contributed by atoms with Crippen LogP contribution in [-0.4, -0.2) is 10.8 Å². The zero-order valence-electron chi connectivity index (χ0n) is 10.9. The molecule has 0 bridgehead atoms. The van der Waals surface area contributed by atoms with Crippen LogP contribution in [0.4, 0.5) is 11.4 Å². The number of nitro groups is 1. The van der Waals surface area contributed by atoms with Gasteiger partial charge in [0.2, 0.25) is 0 Å². The van der Waals surface area contributed by atoms with Crippen LogP contribution < -0.4 is 5.32 Å². The number of carbonyl (C=O) groups is 1. The lowest BCUT2D eigenvalue weighted by Gasteiger charge is -2.08. The first kappa shape index (κ1) is 15.7. The van der Waals surface area contributed by atoms with Gasteiger partial charge in [0, 0.05) is 16.2 Å². The molecule has 108 valence electrons. The van der Waals surface area contributed by atoms with Crippen LogP contribution in [0.15, 0.2) is 45.3 Å². The molecule has 5 nitrogen and oxygen atoms in total. The van der Waals surface area contributed by atoms with Crippen molar-refractivity contribution >= 4 is 49.1 Å². The van der Waals surface area contributed by atoms with Crippen molar-refractivity contribution in [1.29, 1.82) is 0 Å². The second kappa shape index (κ2) is 6.36. The Morgan fingerprint density at radius 3 is 2.62 bits per heavy atom. The Morgan fingerprint density at radius 2 is 1.95 bits per heavy atom. The van der Waals surface area contributed by atoms with E-state index < -0.39 is 4.92 Å². The Morgan fingerprint density at radius 1 is 1.24 bits per heavy atom. The van der Waals surface area contributed by atoms with E-state index in [1.54, 1.807) is 18.2 Å². The number of halogens is 2. The summed E-state index contributed by atoms with van der Waals surface area (Å²) in [6.07, 6.45) is 0. The molecule has 21 heavy (non-hydrogen) atoms. The van der Waals surface area contributed by atoms with Gasteiger partial charge in [-0.25, -0.2) is 0 Å². The molecule has 0 spiro atoms. The van der Waals surface area contributed by atoms with Crippen LogP contribution in [0.2, 0.25) is 0 Å². The van der Waals surface area contributed by atoms with Gasteiger partial charge in [-0.15, -0.1) is 0 Å². The highest BCUT2D eigenvalue weighted by molar-refractivity contribution is 9.11. The number of carbonyl (C=O) groups excluding carboxylic acids is 1. The van der Waals surface area contributed by atoms with E-state index in [0.29, 0.717) is 20.2 Å². The summed E-state index contributed by atoms with van der Waals surface area (Å²) in [6.45, 7) is 1.88. The average molecular weight is 414 g/mol. The number of nitro benzene ring substituents is 1. The molecule has 2 rings (SSSR count). The van der Waals surface area contributed by atoms with Crippen LogP contribution in [0.25, 0.3) is 0 Å². The number of hydrogen-bond acceptors (Lipinski definition) is 3. The smallest absolute Gasteiger partial charge is 0.285 e. The quantitative estimate of drug-likeness (QED) is 0.586. The number of nitrogens with one attached hydrogen (secondary N) is 1. The summed E-state index contributed by atoms with van der Waals surface area (Å²) in [7, 11) is 0. The first-order valence-corrected chi connectivity index (χ1v) is 7.49. The second-order valence-electron chi connectivity index (χ2n) is 4.31. The van der Waals surface area contributed by atoms with Crippen molar-refractivity contribution in [3.05, 3.63) is 66.6 Å². The van der Waals surface area contributed by atoms with Gasteiger partial charge in [0.05, 0.1) is 15.0 Å². The Balaban J connectivity index is 2.30. The third-order valence-electron chi connectivity index (χ3n) is 2.84. The van der Waals surface area contributed by atoms with E-state index >= 15 is 0 Å². The molecule has 0 saturated heterocycles. The van der Waals surface area contributed by atoms with Crippen molar-refractivity contribution in [3.8, 4) is 0 Å². The molecule has 0 atom stereocenters. The Kier molecular flexibility index (Phi) is 4.74. The third-order valence-corrected chi connectivity index (χ3v) is 4.56. The minimum atomic E-state index is -0.512. The predicted molar refractivity (Wildman–Crippen MR) is 87.6 cm³/mol. The first-order valence-electron chi connectivity index (χ1n) is 5.90. The van der Waals surface area contributed by atoms with Crippen LogP contribution in [0.1, 0.15) is 15.9 Å². The monoisotopic (exact) mass is 412 g/mol. The molecule has 0 heterocycles. The maximum absolute atomic E-state index is 12.2. The summed E-state index contributed by atoms with van der Waals surface area (Å²) < 4.78 is 1.07. The van der Waals surface area contributed by atoms with E-state index in [1.165, 1.54) is 12.1 Å². The molecule has 7 heteroatoms. The highest BCUT2D eigenvalue weighted by Crippen LogP contribution is 2.28. The van der Waals surface area contributed by atoms with E-state index in [0.717, 1.165) is 5.56 Å². The van der Waals surface area contributed by atoms with Crippen LogP contribution in [-0.2, 0) is 0 Å². The van der Waals surface area contributed by atoms with Gasteiger partial charge >= 0.3 is 0 Å². The van der Waals surface area contributed by atoms with E-state index in [2.05, 4.69) is 37.2 Å². The zero-order chi connectivity index (χ0) is 15.6. The molecule has 2 aromatic rings. The van der Waals surface area contributed by atoms with Crippen molar-refractivity contribution in [2.45, 2.75) is 6.92 Å². The minimum Gasteiger partial charge on any atom is -0.322 e. The fourth-order valence-corrected chi connectivity index (χ4v) is 2.59. The van der Waals surface area contributed by atoms with E-state index in [4.69, 9.17) is 0 Å². The van der Waals surface area contributed by atoms with Crippen LogP contribution in [0, 0.1) is 17.0 Å². The van der Waals surface area contributed by atoms with Crippen LogP contribution in [0.5, 0.6) is 0 Å². The molecular formula is C14H10Br2N2O3. The van der Waals surface area contributed by atoms with Gasteiger partial charge in [-0.05, 0) is 62.5 Å². The molecular weight excluding hydrogens is 404 g/mol. The van der Waals surface area contributed by atoms with Gasteiger partial charge in [0.1, 0.15) is 0 Å². The van der Waals surface area contributed by atoms with Crippen molar-refractivity contribution < 1.29 is 9.72 Å². The van der Waals surface area contributed by atoms with Crippen molar-refractivity contribution in [2.75, 3.05) is 5.32 Å². The number of benzene rings is 2. The maximum Gasteiger partial charge on any atom is 0.285 e. The van der Waals surface area contributed by atoms with E-state index in [1.807, 2.05) is 13.0 Å². The predicted octanol–water partition coefficient (Wildman–Crippen LogP) is 4.68. The molecule has 0 aliphatic rings. The lowest BCUT2D eigenvalue weighted by atomic mass is 10.1. The van der Waals surface area contributed by atoms with Gasteiger partial charge in [-0.1, -0.05) is 12.1 Å². The number of hydrogen-bond donors (Lipinski definition) is 1. The molecule has 0 aliphatic heterocycles. The van der Waals surface area contributed by atoms with E-state index in [-0.39, 0.29) is 11.6 Å². The maximum atomic E-state index is 12.2. The molecule has 0 aliphatic carbocycles. The standard InChI is InChI=1S/C14H10Br2N2O3/c1-8-3-2-4-10(13(8)16)14(19)17-9-5-6-11(15)12(7-9)18(20)21/h2-7H,1H3,(H,17,19). The molecule has 0 aromatic heterocycles. The number of rotatable bonds is 3. The largest absolute Gasteiger partial charge is 0.322 e. The molecule has 2 aromatic carbocycles. The van der Waals surface area contributed by atoms with Crippen LogP contribution >= 0.6 is 31.9 Å². The molecule has 0 unspecified atom stereocenters. The van der Waals surface area contributed by atoms with Gasteiger partial charge < -0.3 is 5.32 Å². The highest BCUT2D eigenvalue weighted by atomic mass is 79.9. The lowest BCUT2D eigenvalue weighted by Crippen LogP contribution is -2.13. The summed E-state index contributed by atoms with van der Waals surface area (Å²) in [5, 5.41) is 13.5. The first-order chi connectivity index (χ1) is 9.90. The SMILES string of the molecule is Cc1cccc(C(=O)Nc2ccc(Br)c([N+](=O)[O-])c2)c1Br. The van der Waals surface area contributed by atoms with Crippen LogP contribution in [0.3, 0.4) is 0 Å². The fraction of sp³-hybridized carbons (Fsp3) is 0.0714. The lowest BCUT2D eigenvalue weighted by molar-refractivity contribution is -0.385.